The van der Waals surface area contributed by atoms with E-state index >= 15 is 0 Å². The van der Waals surface area contributed by atoms with Crippen molar-refractivity contribution in [3.05, 3.63) is 5.89 Å². The normalized spacial score (nSPS) is 19.1. The van der Waals surface area contributed by atoms with Crippen LogP contribution in [0.5, 0.6) is 0 Å². The second kappa shape index (κ2) is 6.31. The van der Waals surface area contributed by atoms with Gasteiger partial charge in [0.15, 0.2) is 0 Å². The zero-order chi connectivity index (χ0) is 13.8. The summed E-state index contributed by atoms with van der Waals surface area (Å²) in [6.45, 7) is 8.48. The van der Waals surface area contributed by atoms with Crippen LogP contribution >= 0.6 is 0 Å². The fourth-order valence-corrected chi connectivity index (χ4v) is 2.09. The molecule has 1 aliphatic heterocycles. The van der Waals surface area contributed by atoms with Crippen molar-refractivity contribution >= 4 is 5.95 Å². The maximum Gasteiger partial charge on any atom is 0.266 e. The van der Waals surface area contributed by atoms with E-state index in [1.54, 1.807) is 0 Å². The van der Waals surface area contributed by atoms with Crippen molar-refractivity contribution in [1.29, 1.82) is 0 Å². The molecule has 0 amide bonds. The highest BCUT2D eigenvalue weighted by molar-refractivity contribution is 5.29. The van der Waals surface area contributed by atoms with Gasteiger partial charge < -0.3 is 20.3 Å². The smallest absolute Gasteiger partial charge is 0.266 e. The molecule has 7 nitrogen and oxygen atoms in total. The molecular weight excluding hydrogens is 246 g/mol. The molecule has 2 rings (SSSR count). The molecule has 0 unspecified atom stereocenters. The van der Waals surface area contributed by atoms with Crippen LogP contribution in [0.3, 0.4) is 0 Å². The average Bonchev–Trinajstić information content (AvgIpc) is 2.88. The lowest BCUT2D eigenvalue weighted by Gasteiger charge is -2.33. The molecule has 2 heterocycles. The summed E-state index contributed by atoms with van der Waals surface area (Å²) in [5.41, 5.74) is 5.99. The Balaban J connectivity index is 1.93. The van der Waals surface area contributed by atoms with Crippen LogP contribution in [0.2, 0.25) is 0 Å². The SMILES string of the molecule is CC(C)[C@@H](N)c1nc(N2CCN(CCO)CC2)no1. The number of piperazine rings is 1. The molecule has 0 spiro atoms. The van der Waals surface area contributed by atoms with Gasteiger partial charge in [-0.15, -0.1) is 0 Å². The molecule has 1 atom stereocenters. The average molecular weight is 269 g/mol. The molecule has 0 aromatic carbocycles. The summed E-state index contributed by atoms with van der Waals surface area (Å²) in [5.74, 6) is 1.40. The first kappa shape index (κ1) is 14.2. The highest BCUT2D eigenvalue weighted by Crippen LogP contribution is 2.20. The Bertz CT molecular complexity index is 387. The summed E-state index contributed by atoms with van der Waals surface area (Å²) in [6.07, 6.45) is 0. The minimum atomic E-state index is -0.211. The van der Waals surface area contributed by atoms with Gasteiger partial charge in [0, 0.05) is 32.7 Å². The van der Waals surface area contributed by atoms with Gasteiger partial charge in [0.2, 0.25) is 5.89 Å². The number of hydrogen-bond acceptors (Lipinski definition) is 7. The van der Waals surface area contributed by atoms with Gasteiger partial charge in [0.25, 0.3) is 5.95 Å². The Morgan fingerprint density at radius 2 is 2.00 bits per heavy atom. The Labute approximate surface area is 113 Å². The van der Waals surface area contributed by atoms with Crippen molar-refractivity contribution in [1.82, 2.24) is 15.0 Å². The second-order valence-corrected chi connectivity index (χ2v) is 5.25. The topological polar surface area (TPSA) is 91.7 Å². The number of rotatable bonds is 5. The van der Waals surface area contributed by atoms with E-state index < -0.39 is 0 Å². The number of hydrogen-bond donors (Lipinski definition) is 2. The number of nitrogens with zero attached hydrogens (tertiary/aromatic N) is 4. The zero-order valence-corrected chi connectivity index (χ0v) is 11.6. The van der Waals surface area contributed by atoms with Crippen molar-refractivity contribution < 1.29 is 9.63 Å². The summed E-state index contributed by atoms with van der Waals surface area (Å²) >= 11 is 0. The van der Waals surface area contributed by atoms with E-state index in [0.29, 0.717) is 11.8 Å². The number of aliphatic hydroxyl groups is 1. The van der Waals surface area contributed by atoms with Crippen molar-refractivity contribution in [3.8, 4) is 0 Å². The number of nitrogens with two attached hydrogens (primary N) is 1. The Kier molecular flexibility index (Phi) is 4.73. The van der Waals surface area contributed by atoms with Gasteiger partial charge in [0.1, 0.15) is 0 Å². The lowest BCUT2D eigenvalue weighted by atomic mass is 10.1. The maximum atomic E-state index is 8.91. The van der Waals surface area contributed by atoms with Gasteiger partial charge in [-0.3, -0.25) is 4.90 Å². The van der Waals surface area contributed by atoms with E-state index in [0.717, 1.165) is 32.7 Å². The monoisotopic (exact) mass is 269 g/mol. The number of β-amino-alcohol motifs (C(OH)–C–C–N with tert-alkyl or cyclic N) is 1. The first-order valence-corrected chi connectivity index (χ1v) is 6.79. The Morgan fingerprint density at radius 3 is 2.58 bits per heavy atom. The second-order valence-electron chi connectivity index (χ2n) is 5.25. The van der Waals surface area contributed by atoms with Gasteiger partial charge in [-0.05, 0) is 11.1 Å². The molecule has 3 N–H and O–H groups in total. The van der Waals surface area contributed by atoms with E-state index in [-0.39, 0.29) is 18.6 Å². The molecule has 1 aromatic heterocycles. The van der Waals surface area contributed by atoms with Crippen molar-refractivity contribution in [2.24, 2.45) is 11.7 Å². The largest absolute Gasteiger partial charge is 0.395 e. The maximum absolute atomic E-state index is 8.91. The van der Waals surface area contributed by atoms with Crippen molar-refractivity contribution in [3.63, 3.8) is 0 Å². The third kappa shape index (κ3) is 3.43. The van der Waals surface area contributed by atoms with Gasteiger partial charge in [-0.2, -0.15) is 4.98 Å². The molecule has 1 aromatic rings. The lowest BCUT2D eigenvalue weighted by molar-refractivity contribution is 0.188. The minimum Gasteiger partial charge on any atom is -0.395 e. The molecule has 1 aliphatic rings. The third-order valence-corrected chi connectivity index (χ3v) is 3.51. The summed E-state index contributed by atoms with van der Waals surface area (Å²) in [7, 11) is 0. The molecule has 7 heteroatoms. The molecule has 0 radical (unpaired) electrons. The predicted molar refractivity (Wildman–Crippen MR) is 71.8 cm³/mol. The van der Waals surface area contributed by atoms with Crippen LogP contribution in [-0.4, -0.2) is 59.5 Å². The van der Waals surface area contributed by atoms with Crippen LogP contribution in [-0.2, 0) is 0 Å². The van der Waals surface area contributed by atoms with Crippen LogP contribution in [0.15, 0.2) is 4.52 Å². The first-order chi connectivity index (χ1) is 9.11. The third-order valence-electron chi connectivity index (χ3n) is 3.51. The van der Waals surface area contributed by atoms with E-state index in [9.17, 15) is 0 Å². The molecule has 0 aliphatic carbocycles. The Hall–Kier alpha value is -1.18. The fourth-order valence-electron chi connectivity index (χ4n) is 2.09. The van der Waals surface area contributed by atoms with Crippen LogP contribution in [0.4, 0.5) is 5.95 Å². The van der Waals surface area contributed by atoms with Crippen molar-refractivity contribution in [2.75, 3.05) is 44.2 Å². The quantitative estimate of drug-likeness (QED) is 0.767. The predicted octanol–water partition coefficient (Wildman–Crippen LogP) is -0.160. The van der Waals surface area contributed by atoms with Gasteiger partial charge in [-0.25, -0.2) is 0 Å². The van der Waals surface area contributed by atoms with Crippen LogP contribution < -0.4 is 10.6 Å². The van der Waals surface area contributed by atoms with Crippen molar-refractivity contribution in [2.45, 2.75) is 19.9 Å². The summed E-state index contributed by atoms with van der Waals surface area (Å²) in [5, 5.41) is 12.9. The highest BCUT2D eigenvalue weighted by atomic mass is 16.5. The van der Waals surface area contributed by atoms with Gasteiger partial charge >= 0.3 is 0 Å². The van der Waals surface area contributed by atoms with E-state index in [1.165, 1.54) is 0 Å². The minimum absolute atomic E-state index is 0.204. The van der Waals surface area contributed by atoms with Crippen LogP contribution in [0, 0.1) is 5.92 Å². The molecule has 19 heavy (non-hydrogen) atoms. The number of aromatic nitrogens is 2. The molecule has 0 saturated carbocycles. The lowest BCUT2D eigenvalue weighted by Crippen LogP contribution is -2.47. The van der Waals surface area contributed by atoms with E-state index in [4.69, 9.17) is 15.4 Å². The fraction of sp³-hybridized carbons (Fsp3) is 0.833. The molecule has 1 saturated heterocycles. The Morgan fingerprint density at radius 1 is 1.32 bits per heavy atom. The summed E-state index contributed by atoms with van der Waals surface area (Å²) in [6, 6.07) is -0.211. The highest BCUT2D eigenvalue weighted by Gasteiger charge is 2.23. The van der Waals surface area contributed by atoms with E-state index in [2.05, 4.69) is 19.9 Å². The summed E-state index contributed by atoms with van der Waals surface area (Å²) in [4.78, 5) is 8.69. The molecule has 0 bridgehead atoms. The zero-order valence-electron chi connectivity index (χ0n) is 11.6. The van der Waals surface area contributed by atoms with Gasteiger partial charge in [0.05, 0.1) is 12.6 Å². The molecular formula is C12H23N5O2. The standard InChI is InChI=1S/C12H23N5O2/c1-9(2)10(13)11-14-12(15-19-11)17-5-3-16(4-6-17)7-8-18/h9-10,18H,3-8,13H2,1-2H3/t10-/m1/s1. The van der Waals surface area contributed by atoms with Gasteiger partial charge in [-0.1, -0.05) is 13.8 Å². The summed E-state index contributed by atoms with van der Waals surface area (Å²) < 4.78 is 5.23. The first-order valence-electron chi connectivity index (χ1n) is 6.79. The number of anilines is 1. The molecule has 108 valence electrons. The van der Waals surface area contributed by atoms with E-state index in [1.807, 2.05) is 13.8 Å². The van der Waals surface area contributed by atoms with Crippen LogP contribution in [0.1, 0.15) is 25.8 Å². The molecule has 1 fully saturated rings. The van der Waals surface area contributed by atoms with Crippen LogP contribution in [0.25, 0.3) is 0 Å². The number of aliphatic hydroxyl groups excluding tert-OH is 1.